The number of halogens is 2. The van der Waals surface area contributed by atoms with Gasteiger partial charge in [-0.3, -0.25) is 9.59 Å². The number of esters is 1. The third-order valence-corrected chi connectivity index (χ3v) is 5.41. The second-order valence-corrected chi connectivity index (χ2v) is 7.42. The summed E-state index contributed by atoms with van der Waals surface area (Å²) in [6.07, 6.45) is 0. The Kier molecular flexibility index (Phi) is 5.73. The topological polar surface area (TPSA) is 101 Å². The molecule has 2 N–H and O–H groups in total. The van der Waals surface area contributed by atoms with E-state index in [1.807, 2.05) is 0 Å². The van der Waals surface area contributed by atoms with Crippen LogP contribution < -0.4 is 10.9 Å². The van der Waals surface area contributed by atoms with Crippen LogP contribution >= 0.6 is 11.3 Å². The van der Waals surface area contributed by atoms with Gasteiger partial charge in [-0.2, -0.15) is 0 Å². The van der Waals surface area contributed by atoms with Crippen LogP contribution in [0.25, 0.3) is 10.2 Å². The van der Waals surface area contributed by atoms with E-state index in [4.69, 9.17) is 4.74 Å². The molecule has 29 heavy (non-hydrogen) atoms. The third-order valence-electron chi connectivity index (χ3n) is 4.25. The summed E-state index contributed by atoms with van der Waals surface area (Å²) in [5.41, 5.74) is 0.172. The first-order valence-electron chi connectivity index (χ1n) is 8.58. The molecule has 0 bridgehead atoms. The highest BCUT2D eigenvalue weighted by Crippen LogP contribution is 2.27. The van der Waals surface area contributed by atoms with Gasteiger partial charge in [-0.25, -0.2) is 18.6 Å². The number of amides is 1. The van der Waals surface area contributed by atoms with Crippen molar-refractivity contribution < 1.29 is 23.1 Å². The Balaban J connectivity index is 1.67. The minimum atomic E-state index is -0.788. The minimum absolute atomic E-state index is 0.104. The van der Waals surface area contributed by atoms with Crippen LogP contribution in [-0.2, 0) is 9.53 Å². The van der Waals surface area contributed by atoms with Crippen molar-refractivity contribution in [2.45, 2.75) is 26.8 Å². The molecule has 0 saturated carbocycles. The van der Waals surface area contributed by atoms with E-state index in [9.17, 15) is 23.2 Å². The maximum atomic E-state index is 13.8. The molecule has 1 aromatic carbocycles. The van der Waals surface area contributed by atoms with Crippen LogP contribution in [0, 0.1) is 25.5 Å². The van der Waals surface area contributed by atoms with Crippen LogP contribution in [0.15, 0.2) is 23.0 Å². The van der Waals surface area contributed by atoms with Crippen LogP contribution in [0.4, 0.5) is 8.78 Å². The molecule has 0 spiro atoms. The summed E-state index contributed by atoms with van der Waals surface area (Å²) in [5, 5.41) is 2.78. The fourth-order valence-corrected chi connectivity index (χ4v) is 3.98. The summed E-state index contributed by atoms with van der Waals surface area (Å²) >= 11 is 1.00. The van der Waals surface area contributed by atoms with Gasteiger partial charge in [0.1, 0.15) is 27.2 Å². The molecule has 0 aliphatic rings. The Labute approximate surface area is 167 Å². The number of rotatable bonds is 5. The van der Waals surface area contributed by atoms with Crippen molar-refractivity contribution in [3.05, 3.63) is 62.0 Å². The number of aromatic nitrogens is 2. The minimum Gasteiger partial charge on any atom is -0.451 e. The van der Waals surface area contributed by atoms with Gasteiger partial charge in [0, 0.05) is 11.6 Å². The summed E-state index contributed by atoms with van der Waals surface area (Å²) in [6, 6.07) is 2.29. The number of aryl methyl sites for hydroxylation is 2. The van der Waals surface area contributed by atoms with Gasteiger partial charge >= 0.3 is 5.97 Å². The molecule has 0 fully saturated rings. The van der Waals surface area contributed by atoms with Gasteiger partial charge in [0.25, 0.3) is 11.5 Å². The smallest absolute Gasteiger partial charge is 0.349 e. The summed E-state index contributed by atoms with van der Waals surface area (Å²) in [6.45, 7) is 4.15. The van der Waals surface area contributed by atoms with Gasteiger partial charge in [0.2, 0.25) is 0 Å². The molecule has 152 valence electrons. The van der Waals surface area contributed by atoms with Crippen molar-refractivity contribution in [3.63, 3.8) is 0 Å². The molecule has 7 nitrogen and oxygen atoms in total. The van der Waals surface area contributed by atoms with Crippen LogP contribution in [-0.4, -0.2) is 28.5 Å². The summed E-state index contributed by atoms with van der Waals surface area (Å²) in [4.78, 5) is 43.8. The summed E-state index contributed by atoms with van der Waals surface area (Å²) in [7, 11) is 0. The Morgan fingerprint density at radius 3 is 2.72 bits per heavy atom. The van der Waals surface area contributed by atoms with Crippen LogP contribution in [0.2, 0.25) is 0 Å². The van der Waals surface area contributed by atoms with E-state index in [0.29, 0.717) is 21.6 Å². The molecule has 3 rings (SSSR count). The van der Waals surface area contributed by atoms with Crippen LogP contribution in [0.5, 0.6) is 0 Å². The summed E-state index contributed by atoms with van der Waals surface area (Å²) < 4.78 is 31.8. The number of nitrogens with zero attached hydrogens (tertiary/aromatic N) is 1. The first-order chi connectivity index (χ1) is 13.7. The predicted octanol–water partition coefficient (Wildman–Crippen LogP) is 2.91. The number of fused-ring (bicyclic) bond motifs is 1. The van der Waals surface area contributed by atoms with E-state index in [1.54, 1.807) is 13.8 Å². The molecule has 0 saturated heterocycles. The third kappa shape index (κ3) is 4.32. The van der Waals surface area contributed by atoms with Gasteiger partial charge in [-0.1, -0.05) is 6.07 Å². The van der Waals surface area contributed by atoms with Gasteiger partial charge < -0.3 is 15.0 Å². The average Bonchev–Trinajstić information content (AvgIpc) is 2.96. The zero-order valence-electron chi connectivity index (χ0n) is 15.8. The van der Waals surface area contributed by atoms with E-state index in [-0.39, 0.29) is 16.0 Å². The molecule has 3 aromatic rings. The fraction of sp³-hybridized carbons (Fsp3) is 0.263. The van der Waals surface area contributed by atoms with Crippen molar-refractivity contribution in [1.29, 1.82) is 0 Å². The van der Waals surface area contributed by atoms with Gasteiger partial charge in [-0.05, 0) is 32.4 Å². The molecule has 2 heterocycles. The van der Waals surface area contributed by atoms with Gasteiger partial charge in [-0.15, -0.1) is 11.3 Å². The Morgan fingerprint density at radius 1 is 1.31 bits per heavy atom. The number of nitrogens with one attached hydrogen (secondary N) is 2. The van der Waals surface area contributed by atoms with Crippen molar-refractivity contribution in [2.24, 2.45) is 0 Å². The number of hydrogen-bond donors (Lipinski definition) is 2. The number of benzene rings is 1. The highest BCUT2D eigenvalue weighted by atomic mass is 32.1. The maximum absolute atomic E-state index is 13.8. The standard InChI is InChI=1S/C19H17F2N3O4S/c1-8-15-17(26)23-10(3)24-18(15)29-16(8)19(27)28-7-14(25)22-9(2)12-5-4-11(20)6-13(12)21/h4-6,9H,7H2,1-3H3,(H,22,25)(H,23,24,26)/t9-/m1/s1. The monoisotopic (exact) mass is 421 g/mol. The lowest BCUT2D eigenvalue weighted by atomic mass is 10.1. The second kappa shape index (κ2) is 8.08. The highest BCUT2D eigenvalue weighted by Gasteiger charge is 2.21. The molecule has 1 amide bonds. The number of carbonyl (C=O) groups is 2. The van der Waals surface area contributed by atoms with Gasteiger partial charge in [0.05, 0.1) is 11.4 Å². The number of ether oxygens (including phenoxy) is 1. The van der Waals surface area contributed by atoms with Crippen molar-refractivity contribution in [1.82, 2.24) is 15.3 Å². The number of aromatic amines is 1. The lowest BCUT2D eigenvalue weighted by molar-refractivity contribution is -0.124. The number of thiophene rings is 1. The highest BCUT2D eigenvalue weighted by molar-refractivity contribution is 7.20. The first-order valence-corrected chi connectivity index (χ1v) is 9.40. The zero-order chi connectivity index (χ0) is 21.3. The molecular formula is C19H17F2N3O4S. The number of hydrogen-bond acceptors (Lipinski definition) is 6. The Hall–Kier alpha value is -3.14. The zero-order valence-corrected chi connectivity index (χ0v) is 16.6. The molecule has 1 atom stereocenters. The molecule has 0 aliphatic heterocycles. The molecule has 0 aliphatic carbocycles. The van der Waals surface area contributed by atoms with Crippen molar-refractivity contribution >= 4 is 33.4 Å². The van der Waals surface area contributed by atoms with Gasteiger partial charge in [0.15, 0.2) is 6.61 Å². The second-order valence-electron chi connectivity index (χ2n) is 6.42. The number of carbonyl (C=O) groups excluding carboxylic acids is 2. The molecule has 10 heteroatoms. The largest absolute Gasteiger partial charge is 0.451 e. The summed E-state index contributed by atoms with van der Waals surface area (Å²) in [5.74, 6) is -2.51. The van der Waals surface area contributed by atoms with E-state index < -0.39 is 36.2 Å². The Bertz CT molecular complexity index is 1170. The Morgan fingerprint density at radius 2 is 2.03 bits per heavy atom. The SMILES string of the molecule is Cc1nc2sc(C(=O)OCC(=O)N[C@H](C)c3ccc(F)cc3F)c(C)c2c(=O)[nH]1. The first kappa shape index (κ1) is 20.6. The predicted molar refractivity (Wildman–Crippen MR) is 103 cm³/mol. The maximum Gasteiger partial charge on any atom is 0.349 e. The quantitative estimate of drug-likeness (QED) is 0.617. The fourth-order valence-electron chi connectivity index (χ4n) is 2.86. The normalized spacial score (nSPS) is 12.0. The number of H-pyrrole nitrogens is 1. The lowest BCUT2D eigenvalue weighted by Gasteiger charge is -2.15. The van der Waals surface area contributed by atoms with Crippen LogP contribution in [0.1, 0.15) is 39.6 Å². The van der Waals surface area contributed by atoms with E-state index >= 15 is 0 Å². The van der Waals surface area contributed by atoms with Crippen molar-refractivity contribution in [3.8, 4) is 0 Å². The molecule has 0 radical (unpaired) electrons. The van der Waals surface area contributed by atoms with E-state index in [2.05, 4.69) is 15.3 Å². The van der Waals surface area contributed by atoms with Crippen LogP contribution in [0.3, 0.4) is 0 Å². The van der Waals surface area contributed by atoms with E-state index in [1.165, 1.54) is 13.0 Å². The molecule has 2 aromatic heterocycles. The lowest BCUT2D eigenvalue weighted by Crippen LogP contribution is -2.31. The average molecular weight is 421 g/mol. The molecule has 0 unspecified atom stereocenters. The van der Waals surface area contributed by atoms with E-state index in [0.717, 1.165) is 23.5 Å². The van der Waals surface area contributed by atoms with Crippen molar-refractivity contribution in [2.75, 3.05) is 6.61 Å². The molecular weight excluding hydrogens is 404 g/mol.